The number of aryl methyl sites for hydroxylation is 1. The molecule has 0 aliphatic heterocycles. The maximum absolute atomic E-state index is 13.2. The molecule has 0 spiro atoms. The van der Waals surface area contributed by atoms with Gasteiger partial charge in [0.1, 0.15) is 5.82 Å². The molecular weight excluding hydrogens is 412 g/mol. The molecule has 2 N–H and O–H groups in total. The van der Waals surface area contributed by atoms with Gasteiger partial charge in [-0.1, -0.05) is 23.7 Å². The molecule has 10 heteroatoms. The van der Waals surface area contributed by atoms with Crippen molar-refractivity contribution in [2.24, 2.45) is 0 Å². The van der Waals surface area contributed by atoms with Gasteiger partial charge in [0.25, 0.3) is 0 Å². The fourth-order valence-electron chi connectivity index (χ4n) is 2.59. The summed E-state index contributed by atoms with van der Waals surface area (Å²) >= 11 is 6.02. The zero-order valence-corrected chi connectivity index (χ0v) is 15.8. The molecule has 0 radical (unpaired) electrons. The van der Waals surface area contributed by atoms with Gasteiger partial charge in [0.05, 0.1) is 12.1 Å². The van der Waals surface area contributed by atoms with Gasteiger partial charge < -0.3 is 5.32 Å². The summed E-state index contributed by atoms with van der Waals surface area (Å²) in [6.07, 6.45) is -4.51. The first-order valence-electron chi connectivity index (χ1n) is 8.35. The van der Waals surface area contributed by atoms with Crippen LogP contribution in [0.5, 0.6) is 0 Å². The molecular formula is C19H15ClF4N4O. The van der Waals surface area contributed by atoms with Gasteiger partial charge in [-0.3, -0.25) is 10.00 Å². The van der Waals surface area contributed by atoms with Gasteiger partial charge in [-0.05, 0) is 42.8 Å². The summed E-state index contributed by atoms with van der Waals surface area (Å²) in [5.41, 5.74) is 0.456. The number of hydrogen-bond acceptors (Lipinski definition) is 2. The van der Waals surface area contributed by atoms with Crippen LogP contribution in [0.15, 0.2) is 48.5 Å². The zero-order chi connectivity index (χ0) is 21.2. The van der Waals surface area contributed by atoms with E-state index in [1.54, 1.807) is 17.7 Å². The second-order valence-electron chi connectivity index (χ2n) is 6.22. The van der Waals surface area contributed by atoms with Gasteiger partial charge in [0.2, 0.25) is 0 Å². The highest BCUT2D eigenvalue weighted by Crippen LogP contribution is 2.30. The summed E-state index contributed by atoms with van der Waals surface area (Å²) in [7, 11) is 0. The number of benzene rings is 2. The van der Waals surface area contributed by atoms with Crippen LogP contribution in [0.3, 0.4) is 0 Å². The first kappa shape index (κ1) is 20.7. The average Bonchev–Trinajstić information content (AvgIpc) is 2.95. The topological polar surface area (TPSA) is 59.0 Å². The van der Waals surface area contributed by atoms with Crippen LogP contribution in [0, 0.1) is 12.7 Å². The minimum Gasteiger partial charge on any atom is -0.308 e. The SMILES string of the molecule is Cc1cc(NC(=O)Nc2cccc(C(F)(F)F)c2)nn1Cc1ccc(F)cc1Cl. The number of halogens is 5. The van der Waals surface area contributed by atoms with E-state index in [0.29, 0.717) is 11.3 Å². The zero-order valence-electron chi connectivity index (χ0n) is 15.0. The molecule has 2 amide bonds. The van der Waals surface area contributed by atoms with Crippen molar-refractivity contribution in [2.45, 2.75) is 19.6 Å². The number of hydrogen-bond donors (Lipinski definition) is 2. The quantitative estimate of drug-likeness (QED) is 0.526. The van der Waals surface area contributed by atoms with Crippen molar-refractivity contribution in [2.75, 3.05) is 10.6 Å². The number of nitrogens with zero attached hydrogens (tertiary/aromatic N) is 2. The molecule has 0 saturated heterocycles. The molecule has 0 aliphatic rings. The molecule has 152 valence electrons. The van der Waals surface area contributed by atoms with Crippen molar-refractivity contribution in [1.29, 1.82) is 0 Å². The van der Waals surface area contributed by atoms with E-state index in [9.17, 15) is 22.4 Å². The fraction of sp³-hybridized carbons (Fsp3) is 0.158. The predicted octanol–water partition coefficient (Wildman–Crippen LogP) is 5.70. The van der Waals surface area contributed by atoms with Gasteiger partial charge in [0.15, 0.2) is 5.82 Å². The molecule has 2 aromatic carbocycles. The molecule has 0 aliphatic carbocycles. The highest BCUT2D eigenvalue weighted by Gasteiger charge is 2.30. The first-order chi connectivity index (χ1) is 13.6. The molecule has 0 fully saturated rings. The third-order valence-corrected chi connectivity index (χ3v) is 4.36. The number of nitrogens with one attached hydrogen (secondary N) is 2. The molecule has 29 heavy (non-hydrogen) atoms. The van der Waals surface area contributed by atoms with E-state index in [2.05, 4.69) is 15.7 Å². The number of rotatable bonds is 4. The van der Waals surface area contributed by atoms with Gasteiger partial charge in [-0.25, -0.2) is 9.18 Å². The van der Waals surface area contributed by atoms with Gasteiger partial charge in [-0.15, -0.1) is 0 Å². The minimum atomic E-state index is -4.51. The number of anilines is 2. The second kappa shape index (κ2) is 8.12. The third-order valence-electron chi connectivity index (χ3n) is 4.01. The standard InChI is InChI=1S/C19H15ClF4N4O/c1-11-7-17(27-28(11)10-12-5-6-14(21)9-16(12)20)26-18(29)25-15-4-2-3-13(8-15)19(22,23)24/h2-9H,10H2,1H3,(H2,25,26,27,29). The summed E-state index contributed by atoms with van der Waals surface area (Å²) in [6, 6.07) is 9.14. The Hall–Kier alpha value is -3.07. The molecule has 5 nitrogen and oxygen atoms in total. The van der Waals surface area contributed by atoms with E-state index in [1.807, 2.05) is 0 Å². The van der Waals surface area contributed by atoms with E-state index >= 15 is 0 Å². The number of aromatic nitrogens is 2. The molecule has 0 atom stereocenters. The Labute approximate surface area is 168 Å². The molecule has 1 heterocycles. The van der Waals surface area contributed by atoms with Crippen LogP contribution >= 0.6 is 11.6 Å². The lowest BCUT2D eigenvalue weighted by Gasteiger charge is -2.10. The smallest absolute Gasteiger partial charge is 0.308 e. The molecule has 3 rings (SSSR count). The van der Waals surface area contributed by atoms with Crippen molar-refractivity contribution < 1.29 is 22.4 Å². The van der Waals surface area contributed by atoms with Gasteiger partial charge in [-0.2, -0.15) is 18.3 Å². The second-order valence-corrected chi connectivity index (χ2v) is 6.63. The monoisotopic (exact) mass is 426 g/mol. The number of alkyl halides is 3. The number of carbonyl (C=O) groups excluding carboxylic acids is 1. The maximum atomic E-state index is 13.2. The Morgan fingerprint density at radius 2 is 1.90 bits per heavy atom. The minimum absolute atomic E-state index is 0.00780. The van der Waals surface area contributed by atoms with Crippen LogP contribution in [-0.4, -0.2) is 15.8 Å². The van der Waals surface area contributed by atoms with Crippen molar-refractivity contribution in [1.82, 2.24) is 9.78 Å². The summed E-state index contributed by atoms with van der Waals surface area (Å²) in [5.74, 6) is -0.255. The van der Waals surface area contributed by atoms with Crippen LogP contribution in [0.2, 0.25) is 5.02 Å². The lowest BCUT2D eigenvalue weighted by atomic mass is 10.2. The van der Waals surface area contributed by atoms with Gasteiger partial charge >= 0.3 is 12.2 Å². The largest absolute Gasteiger partial charge is 0.416 e. The number of urea groups is 1. The van der Waals surface area contributed by atoms with Crippen molar-refractivity contribution in [3.63, 3.8) is 0 Å². The summed E-state index contributed by atoms with van der Waals surface area (Å²) in [6.45, 7) is 2.00. The number of carbonyl (C=O) groups is 1. The van der Waals surface area contributed by atoms with Crippen LogP contribution in [0.25, 0.3) is 0 Å². The Bertz CT molecular complexity index is 1050. The van der Waals surface area contributed by atoms with E-state index < -0.39 is 23.6 Å². The highest BCUT2D eigenvalue weighted by atomic mass is 35.5. The van der Waals surface area contributed by atoms with E-state index in [-0.39, 0.29) is 23.1 Å². The Balaban J connectivity index is 1.68. The Kier molecular flexibility index (Phi) is 5.78. The Morgan fingerprint density at radius 3 is 2.59 bits per heavy atom. The fourth-order valence-corrected chi connectivity index (χ4v) is 2.82. The average molecular weight is 427 g/mol. The summed E-state index contributed by atoms with van der Waals surface area (Å²) in [4.78, 5) is 12.1. The van der Waals surface area contributed by atoms with E-state index in [4.69, 9.17) is 11.6 Å². The Morgan fingerprint density at radius 1 is 1.14 bits per heavy atom. The van der Waals surface area contributed by atoms with Crippen LogP contribution in [0.4, 0.5) is 33.9 Å². The van der Waals surface area contributed by atoms with E-state index in [0.717, 1.165) is 12.1 Å². The van der Waals surface area contributed by atoms with Crippen LogP contribution in [0.1, 0.15) is 16.8 Å². The first-order valence-corrected chi connectivity index (χ1v) is 8.73. The summed E-state index contributed by atoms with van der Waals surface area (Å²) in [5, 5.41) is 9.26. The lowest BCUT2D eigenvalue weighted by molar-refractivity contribution is -0.137. The molecule has 3 aromatic rings. The van der Waals surface area contributed by atoms with Crippen LogP contribution in [-0.2, 0) is 12.7 Å². The van der Waals surface area contributed by atoms with Crippen molar-refractivity contribution in [3.8, 4) is 0 Å². The molecule has 0 saturated carbocycles. The molecule has 0 bridgehead atoms. The highest BCUT2D eigenvalue weighted by molar-refractivity contribution is 6.31. The third kappa shape index (κ3) is 5.26. The lowest BCUT2D eigenvalue weighted by Crippen LogP contribution is -2.20. The number of amides is 2. The predicted molar refractivity (Wildman–Crippen MR) is 102 cm³/mol. The summed E-state index contributed by atoms with van der Waals surface area (Å²) < 4.78 is 53.0. The molecule has 1 aromatic heterocycles. The van der Waals surface area contributed by atoms with Crippen molar-refractivity contribution >= 4 is 29.1 Å². The van der Waals surface area contributed by atoms with Crippen LogP contribution < -0.4 is 10.6 Å². The normalized spacial score (nSPS) is 11.4. The van der Waals surface area contributed by atoms with Crippen molar-refractivity contribution in [3.05, 3.63) is 76.2 Å². The maximum Gasteiger partial charge on any atom is 0.416 e. The van der Waals surface area contributed by atoms with Gasteiger partial charge in [0, 0.05) is 22.5 Å². The molecule has 0 unspecified atom stereocenters. The van der Waals surface area contributed by atoms with E-state index in [1.165, 1.54) is 30.3 Å².